The Balaban J connectivity index is 2.13. The summed E-state index contributed by atoms with van der Waals surface area (Å²) in [7, 11) is 1.20. The number of esters is 1. The number of para-hydroxylation sites is 1. The van der Waals surface area contributed by atoms with Crippen molar-refractivity contribution < 1.29 is 24.2 Å². The monoisotopic (exact) mass is 343 g/mol. The summed E-state index contributed by atoms with van der Waals surface area (Å²) in [6.07, 6.45) is -1.09. The van der Waals surface area contributed by atoms with Gasteiger partial charge in [0, 0.05) is 0 Å². The molecule has 0 bridgehead atoms. The van der Waals surface area contributed by atoms with Gasteiger partial charge in [0.25, 0.3) is 5.91 Å². The lowest BCUT2D eigenvalue weighted by atomic mass is 10.1. The number of carbonyl (C=O) groups excluding carboxylic acids is 2. The van der Waals surface area contributed by atoms with E-state index in [9.17, 15) is 14.7 Å². The highest BCUT2D eigenvalue weighted by atomic mass is 16.5. The topological polar surface area (TPSA) is 84.9 Å². The molecule has 2 N–H and O–H groups in total. The Labute approximate surface area is 146 Å². The van der Waals surface area contributed by atoms with E-state index in [4.69, 9.17) is 4.74 Å². The van der Waals surface area contributed by atoms with Gasteiger partial charge in [0.1, 0.15) is 12.4 Å². The van der Waals surface area contributed by atoms with Gasteiger partial charge < -0.3 is 19.9 Å². The lowest BCUT2D eigenvalue weighted by Gasteiger charge is -2.19. The summed E-state index contributed by atoms with van der Waals surface area (Å²) < 4.78 is 10.3. The SMILES string of the molecule is COC(=O)[C@@H](NC(=O)c1ccccc1OCc1ccccc1)[C@@H](C)O. The van der Waals surface area contributed by atoms with E-state index in [1.165, 1.54) is 14.0 Å². The molecule has 6 heteroatoms. The lowest BCUT2D eigenvalue weighted by Crippen LogP contribution is -2.48. The highest BCUT2D eigenvalue weighted by Gasteiger charge is 2.27. The molecule has 0 aliphatic rings. The van der Waals surface area contributed by atoms with Gasteiger partial charge in [-0.05, 0) is 24.6 Å². The number of benzene rings is 2. The first kappa shape index (κ1) is 18.5. The zero-order chi connectivity index (χ0) is 18.2. The van der Waals surface area contributed by atoms with Crippen molar-refractivity contribution >= 4 is 11.9 Å². The van der Waals surface area contributed by atoms with E-state index < -0.39 is 24.0 Å². The molecule has 132 valence electrons. The van der Waals surface area contributed by atoms with Crippen molar-refractivity contribution in [3.05, 3.63) is 65.7 Å². The third-order valence-corrected chi connectivity index (χ3v) is 3.59. The minimum absolute atomic E-state index is 0.271. The van der Waals surface area contributed by atoms with E-state index >= 15 is 0 Å². The molecule has 0 aliphatic carbocycles. The van der Waals surface area contributed by atoms with E-state index in [1.807, 2.05) is 30.3 Å². The van der Waals surface area contributed by atoms with E-state index in [0.29, 0.717) is 12.4 Å². The van der Waals surface area contributed by atoms with Crippen molar-refractivity contribution in [3.63, 3.8) is 0 Å². The molecule has 0 aromatic heterocycles. The van der Waals surface area contributed by atoms with Gasteiger partial charge in [-0.1, -0.05) is 42.5 Å². The number of hydrogen-bond donors (Lipinski definition) is 2. The van der Waals surface area contributed by atoms with Gasteiger partial charge >= 0.3 is 5.97 Å². The van der Waals surface area contributed by atoms with Crippen molar-refractivity contribution in [2.75, 3.05) is 7.11 Å². The first-order valence-electron chi connectivity index (χ1n) is 7.85. The van der Waals surface area contributed by atoms with E-state index in [1.54, 1.807) is 24.3 Å². The number of aliphatic hydroxyl groups is 1. The quantitative estimate of drug-likeness (QED) is 0.750. The number of carbonyl (C=O) groups is 2. The molecular weight excluding hydrogens is 322 g/mol. The number of rotatable bonds is 7. The second-order valence-corrected chi connectivity index (χ2v) is 5.49. The molecule has 2 aromatic rings. The van der Waals surface area contributed by atoms with Crippen molar-refractivity contribution in [1.29, 1.82) is 0 Å². The average Bonchev–Trinajstić information content (AvgIpc) is 2.64. The van der Waals surface area contributed by atoms with Gasteiger partial charge in [0.05, 0.1) is 18.8 Å². The molecular formula is C19H21NO5. The van der Waals surface area contributed by atoms with Crippen LogP contribution in [0.15, 0.2) is 54.6 Å². The van der Waals surface area contributed by atoms with Crippen molar-refractivity contribution in [1.82, 2.24) is 5.32 Å². The van der Waals surface area contributed by atoms with Gasteiger partial charge in [-0.15, -0.1) is 0 Å². The van der Waals surface area contributed by atoms with E-state index in [0.717, 1.165) is 5.56 Å². The predicted molar refractivity (Wildman–Crippen MR) is 92.2 cm³/mol. The van der Waals surface area contributed by atoms with E-state index in [2.05, 4.69) is 10.1 Å². The summed E-state index contributed by atoms with van der Waals surface area (Å²) in [4.78, 5) is 24.2. The van der Waals surface area contributed by atoms with E-state index in [-0.39, 0.29) is 5.56 Å². The van der Waals surface area contributed by atoms with Crippen molar-refractivity contribution in [2.24, 2.45) is 0 Å². The maximum absolute atomic E-state index is 12.5. The zero-order valence-electron chi connectivity index (χ0n) is 14.1. The van der Waals surface area contributed by atoms with Crippen LogP contribution >= 0.6 is 0 Å². The van der Waals surface area contributed by atoms with Gasteiger partial charge in [-0.3, -0.25) is 4.79 Å². The molecule has 0 saturated heterocycles. The fourth-order valence-electron chi connectivity index (χ4n) is 2.24. The smallest absolute Gasteiger partial charge is 0.331 e. The van der Waals surface area contributed by atoms with Crippen LogP contribution in [0.4, 0.5) is 0 Å². The van der Waals surface area contributed by atoms with Gasteiger partial charge in [0.15, 0.2) is 6.04 Å². The molecule has 25 heavy (non-hydrogen) atoms. The summed E-state index contributed by atoms with van der Waals surface area (Å²) in [6.45, 7) is 1.71. The first-order chi connectivity index (χ1) is 12.0. The second-order valence-electron chi connectivity index (χ2n) is 5.49. The predicted octanol–water partition coefficient (Wildman–Crippen LogP) is 1.92. The summed E-state index contributed by atoms with van der Waals surface area (Å²) in [5.74, 6) is -0.857. The molecule has 0 heterocycles. The third-order valence-electron chi connectivity index (χ3n) is 3.59. The molecule has 0 unspecified atom stereocenters. The Morgan fingerprint density at radius 1 is 1.08 bits per heavy atom. The molecule has 2 aromatic carbocycles. The van der Waals surface area contributed by atoms with Crippen LogP contribution in [-0.2, 0) is 16.1 Å². The maximum Gasteiger partial charge on any atom is 0.331 e. The highest BCUT2D eigenvalue weighted by Crippen LogP contribution is 2.19. The fraction of sp³-hybridized carbons (Fsp3) is 0.263. The van der Waals surface area contributed by atoms with Gasteiger partial charge in [-0.25, -0.2) is 4.79 Å². The molecule has 0 aliphatic heterocycles. The van der Waals surface area contributed by atoms with Crippen LogP contribution in [0.3, 0.4) is 0 Å². The van der Waals surface area contributed by atoms with Crippen molar-refractivity contribution in [2.45, 2.75) is 25.7 Å². The Kier molecular flexibility index (Phi) is 6.54. The van der Waals surface area contributed by atoms with Crippen LogP contribution < -0.4 is 10.1 Å². The van der Waals surface area contributed by atoms with Gasteiger partial charge in [0.2, 0.25) is 0 Å². The van der Waals surface area contributed by atoms with Crippen LogP contribution in [0.1, 0.15) is 22.8 Å². The minimum atomic E-state index is -1.15. The summed E-state index contributed by atoms with van der Waals surface area (Å²) in [5.41, 5.74) is 1.24. The fourth-order valence-corrected chi connectivity index (χ4v) is 2.24. The second kappa shape index (κ2) is 8.84. The number of ether oxygens (including phenoxy) is 2. The first-order valence-corrected chi connectivity index (χ1v) is 7.85. The number of hydrogen-bond acceptors (Lipinski definition) is 5. The molecule has 0 radical (unpaired) electrons. The van der Waals surface area contributed by atoms with Crippen molar-refractivity contribution in [3.8, 4) is 5.75 Å². The molecule has 2 rings (SSSR count). The number of nitrogens with one attached hydrogen (secondary N) is 1. The molecule has 6 nitrogen and oxygen atoms in total. The average molecular weight is 343 g/mol. The van der Waals surface area contributed by atoms with Crippen LogP contribution in [0.5, 0.6) is 5.75 Å². The summed E-state index contributed by atoms with van der Waals surface area (Å²) in [6, 6.07) is 15.1. The Hall–Kier alpha value is -2.86. The number of aliphatic hydroxyl groups excluding tert-OH is 1. The minimum Gasteiger partial charge on any atom is -0.488 e. The number of amides is 1. The largest absolute Gasteiger partial charge is 0.488 e. The molecule has 0 fully saturated rings. The van der Waals surface area contributed by atoms with Gasteiger partial charge in [-0.2, -0.15) is 0 Å². The Morgan fingerprint density at radius 2 is 1.72 bits per heavy atom. The van der Waals surface area contributed by atoms with Crippen LogP contribution in [0.25, 0.3) is 0 Å². The normalized spacial score (nSPS) is 12.8. The highest BCUT2D eigenvalue weighted by molar-refractivity contribution is 5.99. The lowest BCUT2D eigenvalue weighted by molar-refractivity contribution is -0.145. The maximum atomic E-state index is 12.5. The standard InChI is InChI=1S/C19H21NO5/c1-13(21)17(19(23)24-2)20-18(22)15-10-6-7-11-16(15)25-12-14-8-4-3-5-9-14/h3-11,13,17,21H,12H2,1-2H3,(H,20,22)/t13-,17+/m1/s1. The van der Waals surface area contributed by atoms with Crippen LogP contribution in [0.2, 0.25) is 0 Å². The summed E-state index contributed by atoms with van der Waals surface area (Å²) >= 11 is 0. The molecule has 0 saturated carbocycles. The third kappa shape index (κ3) is 5.06. The Morgan fingerprint density at radius 3 is 2.36 bits per heavy atom. The molecule has 1 amide bonds. The number of methoxy groups -OCH3 is 1. The Bertz CT molecular complexity index is 715. The summed E-state index contributed by atoms with van der Waals surface area (Å²) in [5, 5.41) is 12.2. The molecule has 0 spiro atoms. The zero-order valence-corrected chi connectivity index (χ0v) is 14.1. The van der Waals surface area contributed by atoms with Crippen LogP contribution in [-0.4, -0.2) is 36.2 Å². The molecule has 2 atom stereocenters. The van der Waals surface area contributed by atoms with Crippen LogP contribution in [0, 0.1) is 0 Å².